The van der Waals surface area contributed by atoms with Crippen molar-refractivity contribution in [3.8, 4) is 0 Å². The van der Waals surface area contributed by atoms with E-state index in [4.69, 9.17) is 0 Å². The average Bonchev–Trinajstić information content (AvgIpc) is 2.58. The molecule has 0 bridgehead atoms. The summed E-state index contributed by atoms with van der Waals surface area (Å²) in [5.41, 5.74) is 2.63. The summed E-state index contributed by atoms with van der Waals surface area (Å²) in [6, 6.07) is 8.44. The summed E-state index contributed by atoms with van der Waals surface area (Å²) in [6.45, 7) is 0. The Morgan fingerprint density at radius 3 is 3.14 bits per heavy atom. The third kappa shape index (κ3) is 1.08. The minimum absolute atomic E-state index is 0.913. The molecule has 1 aliphatic heterocycles. The van der Waals surface area contributed by atoms with Crippen LogP contribution in [0.1, 0.15) is 17.0 Å². The van der Waals surface area contributed by atoms with E-state index in [1.807, 2.05) is 12.4 Å². The summed E-state index contributed by atoms with van der Waals surface area (Å²) in [5, 5.41) is 0. The molecule has 0 saturated heterocycles. The first-order chi connectivity index (χ1) is 6.93. The van der Waals surface area contributed by atoms with Gasteiger partial charge in [-0.2, -0.15) is 0 Å². The lowest BCUT2D eigenvalue weighted by molar-refractivity contribution is 0.958. The Hall–Kier alpha value is -1.83. The van der Waals surface area contributed by atoms with Crippen LogP contribution >= 0.6 is 0 Å². The highest BCUT2D eigenvalue weighted by molar-refractivity contribution is 5.65. The van der Waals surface area contributed by atoms with Gasteiger partial charge in [0.25, 0.3) is 0 Å². The number of rotatable bonds is 0. The predicted molar refractivity (Wildman–Crippen MR) is 56.7 cm³/mol. The van der Waals surface area contributed by atoms with E-state index in [-0.39, 0.29) is 0 Å². The molecule has 68 valence electrons. The second kappa shape index (κ2) is 2.84. The Bertz CT molecular complexity index is 495. The molecule has 0 saturated carbocycles. The second-order valence-corrected chi connectivity index (χ2v) is 3.44. The van der Waals surface area contributed by atoms with Crippen molar-refractivity contribution in [1.29, 1.82) is 0 Å². The van der Waals surface area contributed by atoms with E-state index in [2.05, 4.69) is 46.1 Å². The van der Waals surface area contributed by atoms with Crippen molar-refractivity contribution in [3.63, 3.8) is 0 Å². The first kappa shape index (κ1) is 7.56. The van der Waals surface area contributed by atoms with Gasteiger partial charge in [-0.25, -0.2) is 4.98 Å². The zero-order valence-corrected chi connectivity index (χ0v) is 7.72. The van der Waals surface area contributed by atoms with Crippen molar-refractivity contribution in [1.82, 2.24) is 9.55 Å². The van der Waals surface area contributed by atoms with E-state index in [0.717, 1.165) is 12.2 Å². The summed E-state index contributed by atoms with van der Waals surface area (Å²) in [6.07, 6.45) is 8.93. The first-order valence-corrected chi connectivity index (χ1v) is 4.71. The molecule has 0 aliphatic carbocycles. The van der Waals surface area contributed by atoms with Crippen molar-refractivity contribution in [3.05, 3.63) is 53.6 Å². The maximum Gasteiger partial charge on any atom is 0.117 e. The molecule has 2 heteroatoms. The van der Waals surface area contributed by atoms with E-state index < -0.39 is 0 Å². The second-order valence-electron chi connectivity index (χ2n) is 3.44. The molecule has 2 nitrogen and oxygen atoms in total. The van der Waals surface area contributed by atoms with Gasteiger partial charge in [-0.3, -0.25) is 0 Å². The van der Waals surface area contributed by atoms with Crippen LogP contribution in [0.4, 0.5) is 0 Å². The number of fused-ring (bicyclic) bond motifs is 2. The van der Waals surface area contributed by atoms with Gasteiger partial charge in [0, 0.05) is 25.0 Å². The monoisotopic (exact) mass is 182 g/mol. The minimum atomic E-state index is 0.913. The molecule has 0 N–H and O–H groups in total. The number of hydrogen-bond donors (Lipinski definition) is 0. The van der Waals surface area contributed by atoms with E-state index in [1.165, 1.54) is 11.1 Å². The molecule has 2 heterocycles. The molecular weight excluding hydrogens is 172 g/mol. The average molecular weight is 182 g/mol. The van der Waals surface area contributed by atoms with Crippen LogP contribution in [0.25, 0.3) is 12.3 Å². The Balaban J connectivity index is 2.19. The third-order valence-electron chi connectivity index (χ3n) is 2.57. The number of benzene rings is 1. The summed E-state index contributed by atoms with van der Waals surface area (Å²) in [5.74, 6) is 1.10. The van der Waals surface area contributed by atoms with E-state index >= 15 is 0 Å². The number of aromatic nitrogens is 2. The molecular formula is C12H10N2. The fourth-order valence-electron chi connectivity index (χ4n) is 1.81. The number of imidazole rings is 1. The predicted octanol–water partition coefficient (Wildman–Crippen LogP) is 2.42. The fraction of sp³-hybridized carbons (Fsp3) is 0.0833. The quantitative estimate of drug-likeness (QED) is 0.522. The van der Waals surface area contributed by atoms with Gasteiger partial charge < -0.3 is 4.57 Å². The van der Waals surface area contributed by atoms with Crippen LogP contribution < -0.4 is 0 Å². The highest BCUT2D eigenvalue weighted by Gasteiger charge is 2.08. The highest BCUT2D eigenvalue weighted by atomic mass is 15.0. The molecule has 0 fully saturated rings. The lowest BCUT2D eigenvalue weighted by Crippen LogP contribution is -1.95. The lowest BCUT2D eigenvalue weighted by atomic mass is 10.1. The van der Waals surface area contributed by atoms with Crippen molar-refractivity contribution in [2.24, 2.45) is 0 Å². The molecule has 14 heavy (non-hydrogen) atoms. The molecule has 0 spiro atoms. The maximum atomic E-state index is 4.33. The molecule has 0 radical (unpaired) electrons. The number of nitrogens with zero attached hydrogens (tertiary/aromatic N) is 2. The minimum Gasteiger partial charge on any atom is -0.310 e. The smallest absolute Gasteiger partial charge is 0.117 e. The lowest BCUT2D eigenvalue weighted by Gasteiger charge is -2.01. The van der Waals surface area contributed by atoms with Crippen LogP contribution in [0.3, 0.4) is 0 Å². The maximum absolute atomic E-state index is 4.33. The summed E-state index contributed by atoms with van der Waals surface area (Å²) >= 11 is 0. The zero-order chi connectivity index (χ0) is 9.38. The molecule has 0 unspecified atom stereocenters. The number of hydrogen-bond acceptors (Lipinski definition) is 1. The Morgan fingerprint density at radius 2 is 2.14 bits per heavy atom. The third-order valence-corrected chi connectivity index (χ3v) is 2.57. The van der Waals surface area contributed by atoms with Gasteiger partial charge in [0.2, 0.25) is 0 Å². The van der Waals surface area contributed by atoms with Crippen LogP contribution in [0.2, 0.25) is 0 Å². The van der Waals surface area contributed by atoms with Gasteiger partial charge >= 0.3 is 0 Å². The highest BCUT2D eigenvalue weighted by Crippen LogP contribution is 2.19. The summed E-state index contributed by atoms with van der Waals surface area (Å²) in [4.78, 5) is 4.33. The van der Waals surface area contributed by atoms with Crippen LogP contribution in [-0.4, -0.2) is 9.55 Å². The van der Waals surface area contributed by atoms with Crippen LogP contribution in [0.15, 0.2) is 36.7 Å². The van der Waals surface area contributed by atoms with E-state index in [1.54, 1.807) is 0 Å². The Labute approximate surface area is 82.5 Å². The zero-order valence-electron chi connectivity index (χ0n) is 7.72. The van der Waals surface area contributed by atoms with Gasteiger partial charge in [0.05, 0.1) is 0 Å². The molecule has 1 aromatic heterocycles. The van der Waals surface area contributed by atoms with Gasteiger partial charge in [0.1, 0.15) is 5.82 Å². The summed E-state index contributed by atoms with van der Waals surface area (Å²) < 4.78 is 2.07. The van der Waals surface area contributed by atoms with Crippen molar-refractivity contribution < 1.29 is 0 Å². The molecule has 1 aliphatic rings. The van der Waals surface area contributed by atoms with Crippen molar-refractivity contribution >= 4 is 12.3 Å². The molecule has 2 aromatic rings. The van der Waals surface area contributed by atoms with Crippen LogP contribution in [-0.2, 0) is 6.42 Å². The first-order valence-electron chi connectivity index (χ1n) is 4.71. The summed E-state index contributed by atoms with van der Waals surface area (Å²) in [7, 11) is 0. The fourth-order valence-corrected chi connectivity index (χ4v) is 1.81. The molecule has 1 aromatic carbocycles. The van der Waals surface area contributed by atoms with Crippen molar-refractivity contribution in [2.75, 3.05) is 0 Å². The van der Waals surface area contributed by atoms with Crippen molar-refractivity contribution in [2.45, 2.75) is 6.42 Å². The van der Waals surface area contributed by atoms with Gasteiger partial charge in [0.15, 0.2) is 0 Å². The molecule has 0 atom stereocenters. The normalized spacial score (nSPS) is 13.1. The van der Waals surface area contributed by atoms with Gasteiger partial charge in [-0.15, -0.1) is 0 Å². The Morgan fingerprint density at radius 1 is 1.21 bits per heavy atom. The topological polar surface area (TPSA) is 17.8 Å². The standard InChI is InChI=1S/C12H10N2/c1-2-4-11-9-12-13-6-8-14(12)7-5-10(11)3-1/h1-8H,9H2. The molecule has 3 rings (SSSR count). The van der Waals surface area contributed by atoms with Gasteiger partial charge in [-0.1, -0.05) is 24.3 Å². The Kier molecular flexibility index (Phi) is 1.53. The van der Waals surface area contributed by atoms with E-state index in [0.29, 0.717) is 0 Å². The van der Waals surface area contributed by atoms with Gasteiger partial charge in [-0.05, 0) is 17.2 Å². The molecule has 0 amide bonds. The SMILES string of the molecule is C1=Cn2ccnc2Cc2ccccc21. The van der Waals surface area contributed by atoms with Crippen LogP contribution in [0, 0.1) is 0 Å². The van der Waals surface area contributed by atoms with E-state index in [9.17, 15) is 0 Å². The van der Waals surface area contributed by atoms with Crippen LogP contribution in [0.5, 0.6) is 0 Å². The largest absolute Gasteiger partial charge is 0.310 e.